The Morgan fingerprint density at radius 3 is 3.08 bits per heavy atom. The van der Waals surface area contributed by atoms with Gasteiger partial charge in [0.15, 0.2) is 0 Å². The van der Waals surface area contributed by atoms with Gasteiger partial charge in [0.25, 0.3) is 0 Å². The summed E-state index contributed by atoms with van der Waals surface area (Å²) in [6.07, 6.45) is 2.72. The summed E-state index contributed by atoms with van der Waals surface area (Å²) < 4.78 is 0. The van der Waals surface area contributed by atoms with Crippen molar-refractivity contribution in [3.63, 3.8) is 0 Å². The highest BCUT2D eigenvalue weighted by molar-refractivity contribution is 7.98. The van der Waals surface area contributed by atoms with Crippen LogP contribution in [0.2, 0.25) is 0 Å². The number of hydrogen-bond acceptors (Lipinski definition) is 3. The molecule has 1 aliphatic heterocycles. The summed E-state index contributed by atoms with van der Waals surface area (Å²) >= 11 is 1.73. The lowest BCUT2D eigenvalue weighted by Gasteiger charge is -2.34. The highest BCUT2D eigenvalue weighted by Gasteiger charge is 2.21. The van der Waals surface area contributed by atoms with Gasteiger partial charge in [-0.3, -0.25) is 4.79 Å². The van der Waals surface area contributed by atoms with E-state index >= 15 is 0 Å². The third kappa shape index (κ3) is 3.19. The van der Waals surface area contributed by atoms with Crippen LogP contribution in [0.15, 0.2) is 0 Å². The molecular weight excluding hydrogens is 184 g/mol. The van der Waals surface area contributed by atoms with E-state index in [-0.39, 0.29) is 0 Å². The quantitative estimate of drug-likeness (QED) is 0.726. The van der Waals surface area contributed by atoms with E-state index in [0.717, 1.165) is 25.4 Å². The molecule has 0 unspecified atom stereocenters. The van der Waals surface area contributed by atoms with E-state index in [1.165, 1.54) is 0 Å². The fraction of sp³-hybridized carbons (Fsp3) is 0.889. The Morgan fingerprint density at radius 2 is 2.46 bits per heavy atom. The predicted octanol–water partition coefficient (Wildman–Crippen LogP) is 0.560. The largest absolute Gasteiger partial charge is 0.337 e. The summed E-state index contributed by atoms with van der Waals surface area (Å²) in [5.74, 6) is 1.25. The summed E-state index contributed by atoms with van der Waals surface area (Å²) in [6, 6.07) is 0.364. The average molecular weight is 202 g/mol. The Kier molecular flexibility index (Phi) is 4.59. The van der Waals surface area contributed by atoms with Crippen molar-refractivity contribution < 1.29 is 4.79 Å². The molecule has 1 rings (SSSR count). The first kappa shape index (κ1) is 10.9. The van der Waals surface area contributed by atoms with Crippen LogP contribution in [0.3, 0.4) is 0 Å². The fourth-order valence-corrected chi connectivity index (χ4v) is 1.92. The minimum atomic E-state index is 0.309. The number of carbonyl (C=O) groups excluding carboxylic acids is 1. The van der Waals surface area contributed by atoms with Crippen molar-refractivity contribution in [3.05, 3.63) is 0 Å². The number of carbonyl (C=O) groups is 1. The monoisotopic (exact) mass is 202 g/mol. The molecule has 1 saturated heterocycles. The van der Waals surface area contributed by atoms with E-state index in [1.54, 1.807) is 11.8 Å². The number of nitrogens with one attached hydrogen (secondary N) is 1. The van der Waals surface area contributed by atoms with Crippen LogP contribution in [0, 0.1) is 0 Å². The number of piperazine rings is 1. The van der Waals surface area contributed by atoms with Crippen molar-refractivity contribution in [3.8, 4) is 0 Å². The summed E-state index contributed by atoms with van der Waals surface area (Å²) in [5.41, 5.74) is 0. The molecule has 0 aromatic carbocycles. The van der Waals surface area contributed by atoms with Crippen molar-refractivity contribution in [2.45, 2.75) is 19.4 Å². The number of rotatable bonds is 3. The fourth-order valence-electron chi connectivity index (χ4n) is 1.54. The van der Waals surface area contributed by atoms with Crippen LogP contribution in [0.25, 0.3) is 0 Å². The van der Waals surface area contributed by atoms with Crippen LogP contribution >= 0.6 is 11.8 Å². The summed E-state index contributed by atoms with van der Waals surface area (Å²) in [7, 11) is 0. The molecule has 76 valence electrons. The zero-order chi connectivity index (χ0) is 9.68. The Morgan fingerprint density at radius 1 is 1.69 bits per heavy atom. The highest BCUT2D eigenvalue weighted by atomic mass is 32.2. The minimum absolute atomic E-state index is 0.309. The summed E-state index contributed by atoms with van der Waals surface area (Å²) in [6.45, 7) is 4.85. The normalized spacial score (nSPS) is 23.2. The number of nitrogens with zero attached hydrogens (tertiary/aromatic N) is 1. The maximum absolute atomic E-state index is 11.7. The van der Waals surface area contributed by atoms with Crippen molar-refractivity contribution in [1.29, 1.82) is 0 Å². The smallest absolute Gasteiger partial charge is 0.223 e. The average Bonchev–Trinajstić information content (AvgIpc) is 2.15. The van der Waals surface area contributed by atoms with Crippen LogP contribution in [-0.4, -0.2) is 48.5 Å². The van der Waals surface area contributed by atoms with Crippen molar-refractivity contribution in [2.24, 2.45) is 0 Å². The lowest BCUT2D eigenvalue weighted by Crippen LogP contribution is -2.52. The van der Waals surface area contributed by atoms with E-state index in [2.05, 4.69) is 12.2 Å². The molecule has 1 aliphatic rings. The van der Waals surface area contributed by atoms with Crippen LogP contribution in [-0.2, 0) is 4.79 Å². The first-order valence-electron chi connectivity index (χ1n) is 4.75. The van der Waals surface area contributed by atoms with Gasteiger partial charge in [-0.2, -0.15) is 11.8 Å². The summed E-state index contributed by atoms with van der Waals surface area (Å²) in [5, 5.41) is 3.28. The molecule has 0 spiro atoms. The lowest BCUT2D eigenvalue weighted by atomic mass is 10.2. The molecule has 0 radical (unpaired) electrons. The Bertz CT molecular complexity index is 175. The number of amides is 1. The molecule has 13 heavy (non-hydrogen) atoms. The molecule has 0 aliphatic carbocycles. The molecule has 0 aromatic heterocycles. The van der Waals surface area contributed by atoms with Gasteiger partial charge in [0.1, 0.15) is 0 Å². The van der Waals surface area contributed by atoms with Gasteiger partial charge in [0, 0.05) is 37.8 Å². The predicted molar refractivity (Wildman–Crippen MR) is 57.0 cm³/mol. The van der Waals surface area contributed by atoms with Gasteiger partial charge in [-0.15, -0.1) is 0 Å². The van der Waals surface area contributed by atoms with Crippen LogP contribution in [0.1, 0.15) is 13.3 Å². The second-order valence-corrected chi connectivity index (χ2v) is 4.37. The van der Waals surface area contributed by atoms with E-state index in [0.29, 0.717) is 18.4 Å². The summed E-state index contributed by atoms with van der Waals surface area (Å²) in [4.78, 5) is 13.6. The zero-order valence-corrected chi connectivity index (χ0v) is 9.19. The van der Waals surface area contributed by atoms with E-state index in [9.17, 15) is 4.79 Å². The van der Waals surface area contributed by atoms with Crippen molar-refractivity contribution >= 4 is 17.7 Å². The van der Waals surface area contributed by atoms with Crippen LogP contribution in [0.4, 0.5) is 0 Å². The maximum Gasteiger partial charge on any atom is 0.223 e. The van der Waals surface area contributed by atoms with Crippen molar-refractivity contribution in [2.75, 3.05) is 31.6 Å². The van der Waals surface area contributed by atoms with E-state index < -0.39 is 0 Å². The molecule has 1 N–H and O–H groups in total. The standard InChI is InChI=1S/C9H18N2OS/c1-8-7-10-4-5-11(8)9(12)3-6-13-2/h8,10H,3-7H2,1-2H3/t8-/m0/s1. The molecule has 0 bridgehead atoms. The van der Waals surface area contributed by atoms with Gasteiger partial charge in [0.05, 0.1) is 0 Å². The Labute approximate surface area is 84.2 Å². The van der Waals surface area contributed by atoms with Gasteiger partial charge >= 0.3 is 0 Å². The van der Waals surface area contributed by atoms with Crippen LogP contribution in [0.5, 0.6) is 0 Å². The molecule has 1 atom stereocenters. The Hall–Kier alpha value is -0.220. The maximum atomic E-state index is 11.7. The molecule has 1 heterocycles. The molecule has 3 nitrogen and oxygen atoms in total. The molecule has 1 fully saturated rings. The molecule has 0 aromatic rings. The van der Waals surface area contributed by atoms with Crippen LogP contribution < -0.4 is 5.32 Å². The first-order chi connectivity index (χ1) is 6.25. The van der Waals surface area contributed by atoms with E-state index in [1.807, 2.05) is 11.2 Å². The number of thioether (sulfide) groups is 1. The zero-order valence-electron chi connectivity index (χ0n) is 8.38. The molecular formula is C9H18N2OS. The molecule has 0 saturated carbocycles. The van der Waals surface area contributed by atoms with E-state index in [4.69, 9.17) is 0 Å². The van der Waals surface area contributed by atoms with Gasteiger partial charge in [-0.1, -0.05) is 0 Å². The third-order valence-electron chi connectivity index (χ3n) is 2.34. The topological polar surface area (TPSA) is 32.3 Å². The number of hydrogen-bond donors (Lipinski definition) is 1. The van der Waals surface area contributed by atoms with Crippen molar-refractivity contribution in [1.82, 2.24) is 10.2 Å². The van der Waals surface area contributed by atoms with Gasteiger partial charge in [0.2, 0.25) is 5.91 Å². The lowest BCUT2D eigenvalue weighted by molar-refractivity contribution is -0.133. The highest BCUT2D eigenvalue weighted by Crippen LogP contribution is 2.06. The van der Waals surface area contributed by atoms with Gasteiger partial charge in [-0.05, 0) is 13.2 Å². The minimum Gasteiger partial charge on any atom is -0.337 e. The molecule has 4 heteroatoms. The first-order valence-corrected chi connectivity index (χ1v) is 6.14. The second-order valence-electron chi connectivity index (χ2n) is 3.38. The van der Waals surface area contributed by atoms with Gasteiger partial charge < -0.3 is 10.2 Å². The molecule has 1 amide bonds. The Balaban J connectivity index is 2.35. The second kappa shape index (κ2) is 5.50. The third-order valence-corrected chi connectivity index (χ3v) is 2.95. The van der Waals surface area contributed by atoms with Gasteiger partial charge in [-0.25, -0.2) is 0 Å². The SMILES string of the molecule is CSCCC(=O)N1CCNC[C@@H]1C.